The van der Waals surface area contributed by atoms with Gasteiger partial charge >= 0.3 is 0 Å². The molecule has 6 heteroatoms. The molecule has 0 aliphatic carbocycles. The molecule has 2 aromatic heterocycles. The molecule has 1 N–H and O–H groups in total. The lowest BCUT2D eigenvalue weighted by Gasteiger charge is -2.12. The van der Waals surface area contributed by atoms with Crippen LogP contribution in [0.5, 0.6) is 0 Å². The zero-order valence-electron chi connectivity index (χ0n) is 16.7. The van der Waals surface area contributed by atoms with Gasteiger partial charge in [-0.1, -0.05) is 31.2 Å². The molecule has 2 heterocycles. The Bertz CT molecular complexity index is 1230. The Balaban J connectivity index is 1.61. The molecule has 0 spiro atoms. The van der Waals surface area contributed by atoms with Crippen molar-refractivity contribution in [1.82, 2.24) is 19.9 Å². The summed E-state index contributed by atoms with van der Waals surface area (Å²) in [6.07, 6.45) is 4.24. The minimum Gasteiger partial charge on any atom is -0.348 e. The van der Waals surface area contributed by atoms with Crippen LogP contribution in [-0.2, 0) is 13.1 Å². The van der Waals surface area contributed by atoms with Crippen LogP contribution in [0.4, 0.5) is 0 Å². The first-order valence-corrected chi connectivity index (χ1v) is 9.94. The van der Waals surface area contributed by atoms with Gasteiger partial charge in [0.05, 0.1) is 11.0 Å². The van der Waals surface area contributed by atoms with Crippen LogP contribution in [0.15, 0.2) is 77.9 Å². The third-order valence-electron chi connectivity index (χ3n) is 4.92. The average molecular weight is 398 g/mol. The fourth-order valence-electron chi connectivity index (χ4n) is 3.39. The summed E-state index contributed by atoms with van der Waals surface area (Å²) in [6, 6.07) is 18.4. The molecule has 0 unspecified atom stereocenters. The highest BCUT2D eigenvalue weighted by atomic mass is 16.1. The predicted molar refractivity (Wildman–Crippen MR) is 117 cm³/mol. The quantitative estimate of drug-likeness (QED) is 0.536. The van der Waals surface area contributed by atoms with Crippen LogP contribution in [0.3, 0.4) is 0 Å². The molecule has 150 valence electrons. The molecule has 0 fully saturated rings. The second kappa shape index (κ2) is 8.69. The summed E-state index contributed by atoms with van der Waals surface area (Å²) in [5.41, 5.74) is 4.09. The van der Waals surface area contributed by atoms with Crippen molar-refractivity contribution in [2.45, 2.75) is 26.4 Å². The van der Waals surface area contributed by atoms with Crippen LogP contribution in [0.2, 0.25) is 0 Å². The molecule has 1 amide bonds. The minimum absolute atomic E-state index is 0.120. The van der Waals surface area contributed by atoms with Gasteiger partial charge in [-0.15, -0.1) is 0 Å². The molecule has 0 saturated carbocycles. The maximum atomic E-state index is 13.1. The van der Waals surface area contributed by atoms with E-state index in [9.17, 15) is 9.59 Å². The van der Waals surface area contributed by atoms with E-state index in [1.807, 2.05) is 43.3 Å². The number of rotatable bonds is 6. The second-order valence-corrected chi connectivity index (χ2v) is 7.02. The number of nitrogens with one attached hydrogen (secondary N) is 1. The van der Waals surface area contributed by atoms with E-state index in [-0.39, 0.29) is 11.5 Å². The van der Waals surface area contributed by atoms with Gasteiger partial charge in [0.25, 0.3) is 11.5 Å². The number of amides is 1. The number of carbonyl (C=O) groups excluding carboxylic acids is 1. The van der Waals surface area contributed by atoms with Gasteiger partial charge in [-0.25, -0.2) is 4.98 Å². The summed E-state index contributed by atoms with van der Waals surface area (Å²) in [5, 5.41) is 2.89. The fourth-order valence-corrected chi connectivity index (χ4v) is 3.39. The highest BCUT2D eigenvalue weighted by Gasteiger charge is 2.13. The molecule has 4 rings (SSSR count). The molecule has 0 aliphatic rings. The summed E-state index contributed by atoms with van der Waals surface area (Å²) >= 11 is 0. The third-order valence-corrected chi connectivity index (χ3v) is 4.92. The molecule has 0 radical (unpaired) electrons. The zero-order valence-corrected chi connectivity index (χ0v) is 16.7. The summed E-state index contributed by atoms with van der Waals surface area (Å²) in [6.45, 7) is 3.10. The Labute approximate surface area is 174 Å². The monoisotopic (exact) mass is 398 g/mol. The molecule has 0 saturated heterocycles. The number of hydrogen-bond donors (Lipinski definition) is 1. The second-order valence-electron chi connectivity index (χ2n) is 7.02. The van der Waals surface area contributed by atoms with Gasteiger partial charge in [0.1, 0.15) is 5.69 Å². The Morgan fingerprint density at radius 1 is 1.00 bits per heavy atom. The first-order chi connectivity index (χ1) is 14.7. The minimum atomic E-state index is -0.173. The molecule has 4 aromatic rings. The molecule has 0 aliphatic heterocycles. The predicted octanol–water partition coefficient (Wildman–Crippen LogP) is 3.80. The standard InChI is InChI=1S/C24H22N4O2/c1-2-15-28-21-6-4-3-5-20(21)27-22(24(28)30)18-7-9-19(10-8-18)23(29)26-16-17-11-13-25-14-12-17/h3-14H,2,15-16H2,1H3,(H,26,29). The molecular formula is C24H22N4O2. The van der Waals surface area contributed by atoms with E-state index in [0.717, 1.165) is 23.0 Å². The fraction of sp³-hybridized carbons (Fsp3) is 0.167. The first kappa shape index (κ1) is 19.5. The Morgan fingerprint density at radius 3 is 2.47 bits per heavy atom. The molecule has 0 bridgehead atoms. The maximum Gasteiger partial charge on any atom is 0.277 e. The lowest BCUT2D eigenvalue weighted by Crippen LogP contribution is -2.24. The number of aryl methyl sites for hydroxylation is 1. The van der Waals surface area contributed by atoms with Crippen molar-refractivity contribution < 1.29 is 4.79 Å². The molecular weight excluding hydrogens is 376 g/mol. The molecule has 0 atom stereocenters. The van der Waals surface area contributed by atoms with Crippen molar-refractivity contribution in [2.24, 2.45) is 0 Å². The van der Waals surface area contributed by atoms with Gasteiger partial charge in [-0.05, 0) is 48.4 Å². The van der Waals surface area contributed by atoms with E-state index in [1.54, 1.807) is 41.2 Å². The highest BCUT2D eigenvalue weighted by molar-refractivity contribution is 5.94. The highest BCUT2D eigenvalue weighted by Crippen LogP contribution is 2.19. The lowest BCUT2D eigenvalue weighted by molar-refractivity contribution is 0.0951. The SMILES string of the molecule is CCCn1c(=O)c(-c2ccc(C(=O)NCc3ccncc3)cc2)nc2ccccc21. The number of para-hydroxylation sites is 2. The number of fused-ring (bicyclic) bond motifs is 1. The van der Waals surface area contributed by atoms with E-state index >= 15 is 0 Å². The van der Waals surface area contributed by atoms with Crippen LogP contribution < -0.4 is 10.9 Å². The van der Waals surface area contributed by atoms with Gasteiger partial charge in [-0.2, -0.15) is 0 Å². The number of hydrogen-bond acceptors (Lipinski definition) is 4. The van der Waals surface area contributed by atoms with Gasteiger partial charge < -0.3 is 9.88 Å². The van der Waals surface area contributed by atoms with Gasteiger partial charge in [0.2, 0.25) is 0 Å². The van der Waals surface area contributed by atoms with Crippen molar-refractivity contribution in [1.29, 1.82) is 0 Å². The van der Waals surface area contributed by atoms with Crippen LogP contribution >= 0.6 is 0 Å². The number of nitrogens with zero attached hydrogens (tertiary/aromatic N) is 3. The number of carbonyl (C=O) groups is 1. The average Bonchev–Trinajstić information content (AvgIpc) is 2.80. The largest absolute Gasteiger partial charge is 0.348 e. The van der Waals surface area contributed by atoms with Crippen LogP contribution in [-0.4, -0.2) is 20.4 Å². The van der Waals surface area contributed by atoms with E-state index < -0.39 is 0 Å². The Morgan fingerprint density at radius 2 is 1.73 bits per heavy atom. The van der Waals surface area contributed by atoms with Crippen molar-refractivity contribution in [3.8, 4) is 11.3 Å². The normalized spacial score (nSPS) is 10.8. The number of pyridine rings is 1. The summed E-state index contributed by atoms with van der Waals surface area (Å²) < 4.78 is 1.77. The van der Waals surface area contributed by atoms with Gasteiger partial charge in [-0.3, -0.25) is 14.6 Å². The van der Waals surface area contributed by atoms with Crippen molar-refractivity contribution in [3.63, 3.8) is 0 Å². The van der Waals surface area contributed by atoms with E-state index in [0.29, 0.717) is 29.9 Å². The van der Waals surface area contributed by atoms with Gasteiger partial charge in [0, 0.05) is 36.6 Å². The van der Waals surface area contributed by atoms with Crippen LogP contribution in [0.25, 0.3) is 22.3 Å². The van der Waals surface area contributed by atoms with Gasteiger partial charge in [0.15, 0.2) is 0 Å². The molecule has 6 nitrogen and oxygen atoms in total. The summed E-state index contributed by atoms with van der Waals surface area (Å²) in [4.78, 5) is 34.1. The van der Waals surface area contributed by atoms with Crippen molar-refractivity contribution in [3.05, 3.63) is 94.5 Å². The number of aromatic nitrogens is 3. The topological polar surface area (TPSA) is 76.9 Å². The number of benzene rings is 2. The lowest BCUT2D eigenvalue weighted by atomic mass is 10.1. The third kappa shape index (κ3) is 3.98. The molecule has 2 aromatic carbocycles. The van der Waals surface area contributed by atoms with E-state index in [1.165, 1.54) is 0 Å². The Hall–Kier alpha value is -3.80. The van der Waals surface area contributed by atoms with Crippen molar-refractivity contribution in [2.75, 3.05) is 0 Å². The van der Waals surface area contributed by atoms with Crippen molar-refractivity contribution >= 4 is 16.9 Å². The Kier molecular flexibility index (Phi) is 5.66. The maximum absolute atomic E-state index is 13.1. The van der Waals surface area contributed by atoms with Crippen LogP contribution in [0.1, 0.15) is 29.3 Å². The smallest absolute Gasteiger partial charge is 0.277 e. The molecule has 30 heavy (non-hydrogen) atoms. The van der Waals surface area contributed by atoms with E-state index in [2.05, 4.69) is 15.3 Å². The zero-order chi connectivity index (χ0) is 20.9. The summed E-state index contributed by atoms with van der Waals surface area (Å²) in [5.74, 6) is -0.173. The summed E-state index contributed by atoms with van der Waals surface area (Å²) in [7, 11) is 0. The first-order valence-electron chi connectivity index (χ1n) is 9.94. The van der Waals surface area contributed by atoms with Crippen LogP contribution in [0, 0.1) is 0 Å². The van der Waals surface area contributed by atoms with E-state index in [4.69, 9.17) is 0 Å².